The molecular formula is C15H33N3. The van der Waals surface area contributed by atoms with Crippen LogP contribution in [0.2, 0.25) is 0 Å². The fourth-order valence-corrected chi connectivity index (χ4v) is 2.44. The normalized spacial score (nSPS) is 17.7. The smallest absolute Gasteiger partial charge is 0.0223 e. The molecule has 0 spiro atoms. The summed E-state index contributed by atoms with van der Waals surface area (Å²) in [7, 11) is 4.33. The molecule has 0 heterocycles. The molecule has 1 rings (SSSR count). The maximum absolute atomic E-state index is 3.75. The first kappa shape index (κ1) is 15.9. The summed E-state index contributed by atoms with van der Waals surface area (Å²) >= 11 is 0. The molecule has 1 N–H and O–H groups in total. The molecule has 108 valence electrons. The molecular weight excluding hydrogens is 222 g/mol. The van der Waals surface area contributed by atoms with E-state index in [2.05, 4.69) is 43.1 Å². The molecule has 0 amide bonds. The SMILES string of the molecule is CCCNC(CN(CCC)CCN(C)C)C1CC1. The van der Waals surface area contributed by atoms with Gasteiger partial charge >= 0.3 is 0 Å². The van der Waals surface area contributed by atoms with Gasteiger partial charge in [-0.1, -0.05) is 13.8 Å². The highest BCUT2D eigenvalue weighted by Gasteiger charge is 2.31. The van der Waals surface area contributed by atoms with Gasteiger partial charge in [-0.15, -0.1) is 0 Å². The Morgan fingerprint density at radius 3 is 2.28 bits per heavy atom. The van der Waals surface area contributed by atoms with E-state index in [1.807, 2.05) is 0 Å². The van der Waals surface area contributed by atoms with Gasteiger partial charge in [0.25, 0.3) is 0 Å². The summed E-state index contributed by atoms with van der Waals surface area (Å²) in [6.07, 6.45) is 5.39. The van der Waals surface area contributed by atoms with Crippen LogP contribution in [0.4, 0.5) is 0 Å². The van der Waals surface area contributed by atoms with Crippen LogP contribution in [-0.2, 0) is 0 Å². The first-order chi connectivity index (χ1) is 8.67. The molecule has 0 bridgehead atoms. The highest BCUT2D eigenvalue weighted by molar-refractivity contribution is 4.88. The van der Waals surface area contributed by atoms with Crippen molar-refractivity contribution in [1.82, 2.24) is 15.1 Å². The Kier molecular flexibility index (Phi) is 7.87. The van der Waals surface area contributed by atoms with Crippen LogP contribution in [0.3, 0.4) is 0 Å². The predicted molar refractivity (Wildman–Crippen MR) is 80.1 cm³/mol. The molecule has 1 aliphatic rings. The van der Waals surface area contributed by atoms with Crippen LogP contribution >= 0.6 is 0 Å². The summed E-state index contributed by atoms with van der Waals surface area (Å²) in [6.45, 7) is 10.6. The molecule has 0 saturated heterocycles. The Balaban J connectivity index is 2.34. The van der Waals surface area contributed by atoms with Crippen molar-refractivity contribution >= 4 is 0 Å². The second-order valence-corrected chi connectivity index (χ2v) is 6.00. The van der Waals surface area contributed by atoms with Crippen molar-refractivity contribution in [3.8, 4) is 0 Å². The van der Waals surface area contributed by atoms with E-state index in [9.17, 15) is 0 Å². The average molecular weight is 255 g/mol. The molecule has 0 radical (unpaired) electrons. The Bertz CT molecular complexity index is 202. The van der Waals surface area contributed by atoms with Crippen LogP contribution in [0.15, 0.2) is 0 Å². The summed E-state index contributed by atoms with van der Waals surface area (Å²) in [6, 6.07) is 0.735. The Morgan fingerprint density at radius 1 is 1.06 bits per heavy atom. The van der Waals surface area contributed by atoms with Crippen LogP contribution < -0.4 is 5.32 Å². The summed E-state index contributed by atoms with van der Waals surface area (Å²) < 4.78 is 0. The fourth-order valence-electron chi connectivity index (χ4n) is 2.44. The van der Waals surface area contributed by atoms with Crippen LogP contribution in [0.5, 0.6) is 0 Å². The molecule has 1 saturated carbocycles. The predicted octanol–water partition coefficient (Wildman–Crippen LogP) is 2.04. The molecule has 0 aromatic rings. The number of nitrogens with one attached hydrogen (secondary N) is 1. The zero-order chi connectivity index (χ0) is 13.4. The van der Waals surface area contributed by atoms with Gasteiger partial charge in [0.2, 0.25) is 0 Å². The van der Waals surface area contributed by atoms with E-state index in [0.29, 0.717) is 0 Å². The van der Waals surface area contributed by atoms with Crippen LogP contribution in [-0.4, -0.2) is 62.7 Å². The molecule has 0 aromatic heterocycles. The van der Waals surface area contributed by atoms with Crippen molar-refractivity contribution in [2.45, 2.75) is 45.6 Å². The minimum atomic E-state index is 0.735. The largest absolute Gasteiger partial charge is 0.312 e. The lowest BCUT2D eigenvalue weighted by atomic mass is 10.1. The third-order valence-electron chi connectivity index (χ3n) is 3.71. The molecule has 1 atom stereocenters. The number of hydrogen-bond acceptors (Lipinski definition) is 3. The summed E-state index contributed by atoms with van der Waals surface area (Å²) in [5.41, 5.74) is 0. The lowest BCUT2D eigenvalue weighted by Gasteiger charge is -2.29. The molecule has 0 aliphatic heterocycles. The zero-order valence-corrected chi connectivity index (χ0v) is 12.9. The van der Waals surface area contributed by atoms with Gasteiger partial charge in [-0.05, 0) is 58.8 Å². The quantitative estimate of drug-likeness (QED) is 0.609. The third-order valence-corrected chi connectivity index (χ3v) is 3.71. The van der Waals surface area contributed by atoms with E-state index >= 15 is 0 Å². The minimum Gasteiger partial charge on any atom is -0.312 e. The van der Waals surface area contributed by atoms with Gasteiger partial charge in [-0.25, -0.2) is 0 Å². The Labute approximate surface area is 114 Å². The first-order valence-corrected chi connectivity index (χ1v) is 7.77. The summed E-state index contributed by atoms with van der Waals surface area (Å²) in [5.74, 6) is 0.954. The van der Waals surface area contributed by atoms with Crippen molar-refractivity contribution in [1.29, 1.82) is 0 Å². The van der Waals surface area contributed by atoms with Gasteiger partial charge in [-0.2, -0.15) is 0 Å². The molecule has 3 heteroatoms. The van der Waals surface area contributed by atoms with E-state index in [0.717, 1.165) is 12.0 Å². The summed E-state index contributed by atoms with van der Waals surface area (Å²) in [4.78, 5) is 4.93. The number of hydrogen-bond donors (Lipinski definition) is 1. The van der Waals surface area contributed by atoms with E-state index in [1.165, 1.54) is 58.4 Å². The molecule has 1 aliphatic carbocycles. The second-order valence-electron chi connectivity index (χ2n) is 6.00. The Morgan fingerprint density at radius 2 is 1.78 bits per heavy atom. The van der Waals surface area contributed by atoms with Gasteiger partial charge in [-0.3, -0.25) is 0 Å². The van der Waals surface area contributed by atoms with E-state index < -0.39 is 0 Å². The van der Waals surface area contributed by atoms with Crippen molar-refractivity contribution in [3.05, 3.63) is 0 Å². The van der Waals surface area contributed by atoms with Gasteiger partial charge in [0.1, 0.15) is 0 Å². The Hall–Kier alpha value is -0.120. The standard InChI is InChI=1S/C15H33N3/c1-5-9-16-15(14-7-8-14)13-18(10-6-2)12-11-17(3)4/h14-16H,5-13H2,1-4H3. The van der Waals surface area contributed by atoms with Crippen LogP contribution in [0.1, 0.15) is 39.5 Å². The lowest BCUT2D eigenvalue weighted by molar-refractivity contribution is 0.210. The maximum atomic E-state index is 3.75. The highest BCUT2D eigenvalue weighted by atomic mass is 15.2. The number of rotatable bonds is 11. The van der Waals surface area contributed by atoms with Gasteiger partial charge < -0.3 is 15.1 Å². The number of likely N-dealkylation sites (N-methyl/N-ethyl adjacent to an activating group) is 1. The van der Waals surface area contributed by atoms with Crippen molar-refractivity contribution in [2.75, 3.05) is 46.8 Å². The van der Waals surface area contributed by atoms with Crippen molar-refractivity contribution in [2.24, 2.45) is 5.92 Å². The zero-order valence-electron chi connectivity index (χ0n) is 12.9. The first-order valence-electron chi connectivity index (χ1n) is 7.77. The van der Waals surface area contributed by atoms with Crippen LogP contribution in [0.25, 0.3) is 0 Å². The van der Waals surface area contributed by atoms with E-state index in [1.54, 1.807) is 0 Å². The van der Waals surface area contributed by atoms with Gasteiger partial charge in [0, 0.05) is 25.7 Å². The lowest BCUT2D eigenvalue weighted by Crippen LogP contribution is -2.45. The topological polar surface area (TPSA) is 18.5 Å². The van der Waals surface area contributed by atoms with Gasteiger partial charge in [0.15, 0.2) is 0 Å². The third kappa shape index (κ3) is 6.72. The average Bonchev–Trinajstić information content (AvgIpc) is 3.15. The van der Waals surface area contributed by atoms with Crippen molar-refractivity contribution in [3.63, 3.8) is 0 Å². The monoisotopic (exact) mass is 255 g/mol. The molecule has 1 fully saturated rings. The minimum absolute atomic E-state index is 0.735. The molecule has 18 heavy (non-hydrogen) atoms. The summed E-state index contributed by atoms with van der Waals surface area (Å²) in [5, 5.41) is 3.75. The highest BCUT2D eigenvalue weighted by Crippen LogP contribution is 2.33. The van der Waals surface area contributed by atoms with Crippen LogP contribution in [0, 0.1) is 5.92 Å². The number of nitrogens with zero attached hydrogens (tertiary/aromatic N) is 2. The molecule has 1 unspecified atom stereocenters. The van der Waals surface area contributed by atoms with Crippen molar-refractivity contribution < 1.29 is 0 Å². The van der Waals surface area contributed by atoms with E-state index in [-0.39, 0.29) is 0 Å². The van der Waals surface area contributed by atoms with Gasteiger partial charge in [0.05, 0.1) is 0 Å². The molecule has 0 aromatic carbocycles. The van der Waals surface area contributed by atoms with E-state index in [4.69, 9.17) is 0 Å². The maximum Gasteiger partial charge on any atom is 0.0223 e. The second kappa shape index (κ2) is 8.89. The fraction of sp³-hybridized carbons (Fsp3) is 1.00. The molecule has 3 nitrogen and oxygen atoms in total.